The van der Waals surface area contributed by atoms with Gasteiger partial charge >= 0.3 is 6.03 Å². The Hall–Kier alpha value is -3.08. The molecule has 0 aliphatic carbocycles. The van der Waals surface area contributed by atoms with Gasteiger partial charge < -0.3 is 14.8 Å². The highest BCUT2D eigenvalue weighted by atomic mass is 32.2. The van der Waals surface area contributed by atoms with Crippen molar-refractivity contribution in [1.82, 2.24) is 9.80 Å². The number of imide groups is 1. The number of hydrogen-bond acceptors (Lipinski definition) is 7. The van der Waals surface area contributed by atoms with Crippen LogP contribution in [0.15, 0.2) is 23.2 Å². The first-order chi connectivity index (χ1) is 13.8. The van der Waals surface area contributed by atoms with E-state index in [0.717, 1.165) is 4.90 Å². The molecule has 2 aliphatic rings. The van der Waals surface area contributed by atoms with Crippen LogP contribution in [0, 0.1) is 0 Å². The summed E-state index contributed by atoms with van der Waals surface area (Å²) in [6.07, 6.45) is 0. The number of likely N-dealkylation sites (N-methyl/N-ethyl adjacent to an activating group) is 2. The first kappa shape index (κ1) is 20.6. The predicted octanol–water partition coefficient (Wildman–Crippen LogP) is 0.678. The van der Waals surface area contributed by atoms with Crippen molar-refractivity contribution in [1.29, 1.82) is 0 Å². The molecule has 0 aromatic heterocycles. The van der Waals surface area contributed by atoms with Crippen molar-refractivity contribution in [3.8, 4) is 11.5 Å². The molecule has 2 heterocycles. The minimum Gasteiger partial charge on any atom is -0.497 e. The number of aliphatic imine (C=N–C) groups is 1. The number of nitrogens with one attached hydrogen (secondary N) is 1. The van der Waals surface area contributed by atoms with E-state index >= 15 is 0 Å². The Kier molecular flexibility index (Phi) is 5.78. The van der Waals surface area contributed by atoms with E-state index in [-0.39, 0.29) is 11.7 Å². The van der Waals surface area contributed by atoms with Crippen molar-refractivity contribution < 1.29 is 28.4 Å². The lowest BCUT2D eigenvalue weighted by Crippen LogP contribution is -2.59. The number of benzene rings is 1. The number of carbonyl (C=O) groups excluding carboxylic acids is 3. The first-order valence-electron chi connectivity index (χ1n) is 8.66. The van der Waals surface area contributed by atoms with Gasteiger partial charge in [-0.05, 0) is 11.8 Å². The molecule has 3 rings (SSSR count). The standard InChI is InChI=1S/C18H21N5O5S/c1-21-15-14(16(25)23(3)18(26)22(15)2)20-17(21)29-9-13(24)19-10-6-11(27-4)8-12(7-10)28-5/h6-8,14H,9H2,1-5H3/p+1. The number of amidine groups is 2. The molecule has 1 fully saturated rings. The number of urea groups is 1. The van der Waals surface area contributed by atoms with E-state index in [1.54, 1.807) is 36.9 Å². The molecule has 11 heteroatoms. The van der Waals surface area contributed by atoms with Crippen molar-refractivity contribution in [2.24, 2.45) is 4.99 Å². The number of rotatable bonds is 5. The maximum atomic E-state index is 12.4. The van der Waals surface area contributed by atoms with Gasteiger partial charge in [0.1, 0.15) is 11.5 Å². The maximum Gasteiger partial charge on any atom is 0.388 e. The molecule has 4 amide bonds. The zero-order valence-corrected chi connectivity index (χ0v) is 17.6. The van der Waals surface area contributed by atoms with Crippen LogP contribution in [0.25, 0.3) is 0 Å². The molecule has 1 atom stereocenters. The lowest BCUT2D eigenvalue weighted by Gasteiger charge is -2.27. The number of anilines is 1. The summed E-state index contributed by atoms with van der Waals surface area (Å²) >= 11 is 1.18. The molecule has 0 radical (unpaired) electrons. The van der Waals surface area contributed by atoms with Crippen LogP contribution in [-0.4, -0.2) is 90.4 Å². The van der Waals surface area contributed by atoms with Gasteiger partial charge in [0, 0.05) is 30.9 Å². The average molecular weight is 420 g/mol. The number of thioether (sulfide) groups is 1. The van der Waals surface area contributed by atoms with E-state index in [1.807, 2.05) is 0 Å². The molecule has 1 unspecified atom stereocenters. The third-order valence-electron chi connectivity index (χ3n) is 4.56. The number of amides is 4. The fraction of sp³-hybridized carbons (Fsp3) is 0.389. The molecule has 1 N–H and O–H groups in total. The Morgan fingerprint density at radius 2 is 1.79 bits per heavy atom. The van der Waals surface area contributed by atoms with Gasteiger partial charge in [0.2, 0.25) is 5.91 Å². The Morgan fingerprint density at radius 1 is 1.17 bits per heavy atom. The Morgan fingerprint density at radius 3 is 2.38 bits per heavy atom. The third kappa shape index (κ3) is 3.90. The topological polar surface area (TPSA) is 104 Å². The summed E-state index contributed by atoms with van der Waals surface area (Å²) in [6.45, 7) is 0. The second-order valence-electron chi connectivity index (χ2n) is 6.41. The number of fused-ring (bicyclic) bond motifs is 1. The van der Waals surface area contributed by atoms with Crippen molar-refractivity contribution >= 4 is 46.3 Å². The number of carbonyl (C=O) groups is 3. The second-order valence-corrected chi connectivity index (χ2v) is 7.35. The molecule has 10 nitrogen and oxygen atoms in total. The van der Waals surface area contributed by atoms with Gasteiger partial charge in [-0.15, -0.1) is 4.99 Å². The highest BCUT2D eigenvalue weighted by Crippen LogP contribution is 2.26. The molecular weight excluding hydrogens is 398 g/mol. The van der Waals surface area contributed by atoms with Gasteiger partial charge in [-0.3, -0.25) is 14.5 Å². The Labute approximate surface area is 172 Å². The maximum absolute atomic E-state index is 12.4. The van der Waals surface area contributed by atoms with E-state index in [2.05, 4.69) is 10.3 Å². The van der Waals surface area contributed by atoms with Crippen molar-refractivity contribution in [2.75, 3.05) is 46.4 Å². The van der Waals surface area contributed by atoms with E-state index < -0.39 is 18.0 Å². The molecule has 1 aromatic rings. The summed E-state index contributed by atoms with van der Waals surface area (Å²) in [7, 11) is 7.79. The SMILES string of the molecule is COc1cc(NC(=O)CSC2=NC3C(=O)N(C)C(=O)N(C)C3=[N+]2C)cc(OC)c1. The van der Waals surface area contributed by atoms with Gasteiger partial charge in [0.15, 0.2) is 0 Å². The third-order valence-corrected chi connectivity index (χ3v) is 5.61. The smallest absolute Gasteiger partial charge is 0.388 e. The van der Waals surface area contributed by atoms with Gasteiger partial charge in [-0.1, -0.05) is 0 Å². The van der Waals surface area contributed by atoms with Gasteiger partial charge in [-0.25, -0.2) is 14.3 Å². The van der Waals surface area contributed by atoms with Crippen LogP contribution >= 0.6 is 11.8 Å². The Bertz CT molecular complexity index is 922. The zero-order chi connectivity index (χ0) is 21.3. The number of ether oxygens (including phenoxy) is 2. The van der Waals surface area contributed by atoms with Crippen molar-refractivity contribution in [3.63, 3.8) is 0 Å². The number of hydrogen-bond donors (Lipinski definition) is 1. The van der Waals surface area contributed by atoms with Crippen molar-refractivity contribution in [3.05, 3.63) is 18.2 Å². The lowest BCUT2D eigenvalue weighted by atomic mass is 10.2. The molecular formula is C18H22N5O5S+. The highest BCUT2D eigenvalue weighted by Gasteiger charge is 2.51. The fourth-order valence-corrected chi connectivity index (χ4v) is 3.85. The van der Waals surface area contributed by atoms with Crippen LogP contribution in [-0.2, 0) is 9.59 Å². The predicted molar refractivity (Wildman–Crippen MR) is 109 cm³/mol. The van der Waals surface area contributed by atoms with Crippen LogP contribution in [0.4, 0.5) is 10.5 Å². The molecule has 29 heavy (non-hydrogen) atoms. The first-order valence-corrected chi connectivity index (χ1v) is 9.64. The quantitative estimate of drug-likeness (QED) is 0.703. The molecule has 0 spiro atoms. The normalized spacial score (nSPS) is 18.7. The molecule has 1 aromatic carbocycles. The van der Waals surface area contributed by atoms with Crippen LogP contribution in [0.3, 0.4) is 0 Å². The molecule has 0 saturated carbocycles. The van der Waals surface area contributed by atoms with Crippen LogP contribution in [0.2, 0.25) is 0 Å². The highest BCUT2D eigenvalue weighted by molar-refractivity contribution is 8.14. The van der Waals surface area contributed by atoms with Gasteiger partial charge in [0.25, 0.3) is 23.0 Å². The summed E-state index contributed by atoms with van der Waals surface area (Å²) in [6, 6.07) is 3.88. The van der Waals surface area contributed by atoms with Crippen molar-refractivity contribution in [2.45, 2.75) is 6.04 Å². The average Bonchev–Trinajstić information content (AvgIpc) is 3.05. The number of nitrogens with zero attached hydrogens (tertiary/aromatic N) is 4. The molecule has 0 bridgehead atoms. The van der Waals surface area contributed by atoms with E-state index in [1.165, 1.54) is 37.9 Å². The summed E-state index contributed by atoms with van der Waals surface area (Å²) in [5.74, 6) is 1.03. The monoisotopic (exact) mass is 420 g/mol. The largest absolute Gasteiger partial charge is 0.497 e. The molecule has 154 valence electrons. The fourth-order valence-electron chi connectivity index (χ4n) is 3.05. The summed E-state index contributed by atoms with van der Waals surface area (Å²) in [5, 5.41) is 3.28. The lowest BCUT2D eigenvalue weighted by molar-refractivity contribution is -0.367. The summed E-state index contributed by atoms with van der Waals surface area (Å²) < 4.78 is 12.1. The van der Waals surface area contributed by atoms with Crippen LogP contribution in [0.5, 0.6) is 11.5 Å². The summed E-state index contributed by atoms with van der Waals surface area (Å²) in [4.78, 5) is 43.7. The van der Waals surface area contributed by atoms with E-state index in [9.17, 15) is 14.4 Å². The summed E-state index contributed by atoms with van der Waals surface area (Å²) in [5.41, 5.74) is 0.540. The minimum atomic E-state index is -0.777. The van der Waals surface area contributed by atoms with Crippen LogP contribution < -0.4 is 14.8 Å². The Balaban J connectivity index is 1.69. The zero-order valence-electron chi connectivity index (χ0n) is 16.8. The van der Waals surface area contributed by atoms with Gasteiger partial charge in [-0.2, -0.15) is 0 Å². The molecule has 2 aliphatic heterocycles. The second kappa shape index (κ2) is 8.11. The van der Waals surface area contributed by atoms with E-state index in [0.29, 0.717) is 28.2 Å². The van der Waals surface area contributed by atoms with Gasteiger partial charge in [0.05, 0.1) is 34.1 Å². The van der Waals surface area contributed by atoms with Crippen LogP contribution in [0.1, 0.15) is 0 Å². The number of methoxy groups -OCH3 is 2. The minimum absolute atomic E-state index is 0.0738. The van der Waals surface area contributed by atoms with E-state index in [4.69, 9.17) is 9.47 Å². The molecule has 1 saturated heterocycles.